The summed E-state index contributed by atoms with van der Waals surface area (Å²) in [7, 11) is 0. The summed E-state index contributed by atoms with van der Waals surface area (Å²) in [4.78, 5) is 0. The molecule has 2 rings (SSSR count). The van der Waals surface area contributed by atoms with Crippen LogP contribution in [0.4, 0.5) is 4.39 Å². The highest BCUT2D eigenvalue weighted by atomic mass is 35.5. The molecule has 0 aliphatic carbocycles. The van der Waals surface area contributed by atoms with Crippen LogP contribution >= 0.6 is 11.6 Å². The van der Waals surface area contributed by atoms with Gasteiger partial charge < -0.3 is 9.52 Å². The fourth-order valence-corrected chi connectivity index (χ4v) is 1.83. The van der Waals surface area contributed by atoms with E-state index in [2.05, 4.69) is 0 Å². The minimum absolute atomic E-state index is 0.0809. The predicted molar refractivity (Wildman–Crippen MR) is 63.5 cm³/mol. The fourth-order valence-electron chi connectivity index (χ4n) is 1.71. The van der Waals surface area contributed by atoms with Crippen molar-refractivity contribution in [3.63, 3.8) is 0 Å². The summed E-state index contributed by atoms with van der Waals surface area (Å²) >= 11 is 5.59. The monoisotopic (exact) mass is 254 g/mol. The lowest BCUT2D eigenvalue weighted by atomic mass is 10.0. The van der Waals surface area contributed by atoms with Crippen LogP contribution in [0.25, 0.3) is 0 Å². The standard InChI is InChI=1S/C13H12ClFO2/c1-8-4-5-17-13(8)12(16)7-9-2-3-10(14)11(15)6-9/h2-6,12,16H,7H2,1H3. The van der Waals surface area contributed by atoms with Crippen molar-refractivity contribution < 1.29 is 13.9 Å². The summed E-state index contributed by atoms with van der Waals surface area (Å²) in [6.07, 6.45) is 1.05. The van der Waals surface area contributed by atoms with Crippen LogP contribution in [0.1, 0.15) is 23.0 Å². The molecule has 1 aromatic heterocycles. The molecule has 0 bridgehead atoms. The van der Waals surface area contributed by atoms with E-state index in [-0.39, 0.29) is 5.02 Å². The smallest absolute Gasteiger partial charge is 0.142 e. The van der Waals surface area contributed by atoms with Crippen molar-refractivity contribution >= 4 is 11.6 Å². The van der Waals surface area contributed by atoms with E-state index in [1.165, 1.54) is 18.4 Å². The highest BCUT2D eigenvalue weighted by Crippen LogP contribution is 2.24. The second-order valence-corrected chi connectivity index (χ2v) is 4.34. The molecule has 2 nitrogen and oxygen atoms in total. The lowest BCUT2D eigenvalue weighted by Crippen LogP contribution is -2.02. The van der Waals surface area contributed by atoms with Crippen LogP contribution in [0.3, 0.4) is 0 Å². The van der Waals surface area contributed by atoms with Gasteiger partial charge in [0, 0.05) is 6.42 Å². The number of benzene rings is 1. The van der Waals surface area contributed by atoms with Gasteiger partial charge >= 0.3 is 0 Å². The van der Waals surface area contributed by atoms with E-state index in [1.54, 1.807) is 12.1 Å². The minimum Gasteiger partial charge on any atom is -0.466 e. The molecular weight excluding hydrogens is 243 g/mol. The first-order valence-corrected chi connectivity index (χ1v) is 5.61. The van der Waals surface area contributed by atoms with Gasteiger partial charge in [0.2, 0.25) is 0 Å². The van der Waals surface area contributed by atoms with Gasteiger partial charge in [-0.3, -0.25) is 0 Å². The zero-order valence-corrected chi connectivity index (χ0v) is 10.0. The molecule has 4 heteroatoms. The molecule has 0 amide bonds. The van der Waals surface area contributed by atoms with Crippen LogP contribution in [-0.4, -0.2) is 5.11 Å². The Morgan fingerprint density at radius 2 is 2.18 bits per heavy atom. The topological polar surface area (TPSA) is 33.4 Å². The van der Waals surface area contributed by atoms with Crippen molar-refractivity contribution in [2.75, 3.05) is 0 Å². The molecule has 1 atom stereocenters. The molecule has 0 aliphatic rings. The number of hydrogen-bond acceptors (Lipinski definition) is 2. The third-order valence-corrected chi connectivity index (χ3v) is 2.92. The van der Waals surface area contributed by atoms with E-state index in [4.69, 9.17) is 16.0 Å². The molecule has 0 fully saturated rings. The Hall–Kier alpha value is -1.32. The van der Waals surface area contributed by atoms with Crippen LogP contribution in [0.5, 0.6) is 0 Å². The number of aliphatic hydroxyl groups is 1. The second kappa shape index (κ2) is 4.90. The van der Waals surface area contributed by atoms with Crippen molar-refractivity contribution in [1.82, 2.24) is 0 Å². The second-order valence-electron chi connectivity index (χ2n) is 3.94. The lowest BCUT2D eigenvalue weighted by molar-refractivity contribution is 0.149. The molecule has 1 unspecified atom stereocenters. The average molecular weight is 255 g/mol. The van der Waals surface area contributed by atoms with Crippen molar-refractivity contribution in [2.24, 2.45) is 0 Å². The summed E-state index contributed by atoms with van der Waals surface area (Å²) in [5.74, 6) is 0.0351. The van der Waals surface area contributed by atoms with E-state index >= 15 is 0 Å². The molecule has 90 valence electrons. The van der Waals surface area contributed by atoms with Crippen LogP contribution in [0.15, 0.2) is 34.9 Å². The Labute approximate surface area is 104 Å². The molecule has 0 saturated heterocycles. The van der Waals surface area contributed by atoms with Crippen LogP contribution < -0.4 is 0 Å². The van der Waals surface area contributed by atoms with Crippen molar-refractivity contribution in [2.45, 2.75) is 19.4 Å². The molecule has 1 N–H and O–H groups in total. The van der Waals surface area contributed by atoms with Crippen molar-refractivity contribution in [3.05, 3.63) is 58.3 Å². The minimum atomic E-state index is -0.773. The van der Waals surface area contributed by atoms with Gasteiger partial charge in [0.05, 0.1) is 11.3 Å². The van der Waals surface area contributed by atoms with E-state index in [9.17, 15) is 9.50 Å². The molecule has 17 heavy (non-hydrogen) atoms. The van der Waals surface area contributed by atoms with Gasteiger partial charge in [0.1, 0.15) is 17.7 Å². The first kappa shape index (κ1) is 12.1. The van der Waals surface area contributed by atoms with E-state index < -0.39 is 11.9 Å². The van der Waals surface area contributed by atoms with Crippen LogP contribution in [0.2, 0.25) is 5.02 Å². The van der Waals surface area contributed by atoms with Crippen LogP contribution in [0, 0.1) is 12.7 Å². The summed E-state index contributed by atoms with van der Waals surface area (Å²) in [5, 5.41) is 10.0. The number of halogens is 2. The fraction of sp³-hybridized carbons (Fsp3) is 0.231. The van der Waals surface area contributed by atoms with Gasteiger partial charge in [-0.25, -0.2) is 4.39 Å². The molecule has 0 aliphatic heterocycles. The molecule has 1 aromatic carbocycles. The quantitative estimate of drug-likeness (QED) is 0.907. The maximum Gasteiger partial charge on any atom is 0.142 e. The number of aryl methyl sites for hydroxylation is 1. The molecular formula is C13H12ClFO2. The summed E-state index contributed by atoms with van der Waals surface area (Å²) < 4.78 is 18.4. The van der Waals surface area contributed by atoms with E-state index in [1.807, 2.05) is 6.92 Å². The van der Waals surface area contributed by atoms with Gasteiger partial charge in [0.25, 0.3) is 0 Å². The van der Waals surface area contributed by atoms with Gasteiger partial charge in [-0.1, -0.05) is 17.7 Å². The maximum atomic E-state index is 13.2. The average Bonchev–Trinajstić information content (AvgIpc) is 2.70. The Morgan fingerprint density at radius 1 is 1.41 bits per heavy atom. The molecule has 0 radical (unpaired) electrons. The van der Waals surface area contributed by atoms with E-state index in [0.29, 0.717) is 17.7 Å². The largest absolute Gasteiger partial charge is 0.466 e. The highest BCUT2D eigenvalue weighted by molar-refractivity contribution is 6.30. The highest BCUT2D eigenvalue weighted by Gasteiger charge is 2.15. The Balaban J connectivity index is 2.16. The first-order valence-electron chi connectivity index (χ1n) is 5.24. The maximum absolute atomic E-state index is 13.2. The Morgan fingerprint density at radius 3 is 2.76 bits per heavy atom. The zero-order chi connectivity index (χ0) is 12.4. The number of rotatable bonds is 3. The van der Waals surface area contributed by atoms with Gasteiger partial charge in [-0.15, -0.1) is 0 Å². The normalized spacial score (nSPS) is 12.7. The predicted octanol–water partition coefficient (Wildman–Crippen LogP) is 3.66. The molecule has 0 saturated carbocycles. The lowest BCUT2D eigenvalue weighted by Gasteiger charge is -2.09. The third kappa shape index (κ3) is 2.68. The van der Waals surface area contributed by atoms with Crippen molar-refractivity contribution in [3.8, 4) is 0 Å². The Kier molecular flexibility index (Phi) is 3.50. The number of furan rings is 1. The van der Waals surface area contributed by atoms with Gasteiger partial charge in [0.15, 0.2) is 0 Å². The SMILES string of the molecule is Cc1ccoc1C(O)Cc1ccc(Cl)c(F)c1. The third-order valence-electron chi connectivity index (χ3n) is 2.62. The Bertz CT molecular complexity index is 522. The molecule has 2 aromatic rings. The van der Waals surface area contributed by atoms with Crippen LogP contribution in [-0.2, 0) is 6.42 Å². The summed E-state index contributed by atoms with van der Waals surface area (Å²) in [6.45, 7) is 1.85. The van der Waals surface area contributed by atoms with Gasteiger partial charge in [-0.05, 0) is 36.2 Å². The zero-order valence-electron chi connectivity index (χ0n) is 9.28. The first-order chi connectivity index (χ1) is 8.08. The van der Waals surface area contributed by atoms with E-state index in [0.717, 1.165) is 5.56 Å². The number of hydrogen-bond donors (Lipinski definition) is 1. The summed E-state index contributed by atoms with van der Waals surface area (Å²) in [5.41, 5.74) is 1.56. The summed E-state index contributed by atoms with van der Waals surface area (Å²) in [6, 6.07) is 6.27. The molecule has 1 heterocycles. The van der Waals surface area contributed by atoms with Gasteiger partial charge in [-0.2, -0.15) is 0 Å². The number of aliphatic hydroxyl groups excluding tert-OH is 1. The molecule has 0 spiro atoms. The van der Waals surface area contributed by atoms with Crippen molar-refractivity contribution in [1.29, 1.82) is 0 Å².